The highest BCUT2D eigenvalue weighted by molar-refractivity contribution is 9.10. The molecule has 0 aliphatic heterocycles. The number of nitrogens with one attached hydrogen (secondary N) is 1. The maximum Gasteiger partial charge on any atom is 0.284 e. The molecule has 1 N–H and O–H groups in total. The molecule has 0 saturated heterocycles. The molecule has 0 unspecified atom stereocenters. The van der Waals surface area contributed by atoms with Gasteiger partial charge in [-0.05, 0) is 41.9 Å². The fraction of sp³-hybridized carbons (Fsp3) is 0.273. The highest BCUT2D eigenvalue weighted by Crippen LogP contribution is 2.25. The van der Waals surface area contributed by atoms with E-state index in [2.05, 4.69) is 21.2 Å². The lowest BCUT2D eigenvalue weighted by Crippen LogP contribution is -2.42. The molecule has 0 atom stereocenters. The summed E-state index contributed by atoms with van der Waals surface area (Å²) in [7, 11) is 0. The molecule has 0 saturated carbocycles. The minimum absolute atomic E-state index is 0.133. The van der Waals surface area contributed by atoms with E-state index < -0.39 is 16.4 Å². The predicted molar refractivity (Wildman–Crippen MR) is 68.0 cm³/mol. The molecule has 0 spiro atoms. The van der Waals surface area contributed by atoms with Gasteiger partial charge in [-0.1, -0.05) is 0 Å². The molecule has 7 heteroatoms. The fourth-order valence-corrected chi connectivity index (χ4v) is 1.57. The van der Waals surface area contributed by atoms with Crippen LogP contribution in [-0.4, -0.2) is 16.4 Å². The molecule has 0 radical (unpaired) electrons. The first kappa shape index (κ1) is 14.1. The van der Waals surface area contributed by atoms with Crippen LogP contribution < -0.4 is 5.32 Å². The van der Waals surface area contributed by atoms with Crippen molar-refractivity contribution in [3.05, 3.63) is 38.3 Å². The highest BCUT2D eigenvalue weighted by Gasteiger charge is 2.22. The highest BCUT2D eigenvalue weighted by atomic mass is 79.9. The van der Waals surface area contributed by atoms with Crippen LogP contribution in [0.5, 0.6) is 0 Å². The molecule has 18 heavy (non-hydrogen) atoms. The first-order valence-corrected chi connectivity index (χ1v) is 5.74. The molecule has 1 aromatic rings. The summed E-state index contributed by atoms with van der Waals surface area (Å²) in [6.07, 6.45) is 0. The summed E-state index contributed by atoms with van der Waals surface area (Å²) >= 11 is 3.03. The van der Waals surface area contributed by atoms with Crippen molar-refractivity contribution in [1.29, 1.82) is 5.26 Å². The quantitative estimate of drug-likeness (QED) is 0.684. The summed E-state index contributed by atoms with van der Waals surface area (Å²) in [6.45, 7) is 3.08. The molecule has 0 bridgehead atoms. The SMILES string of the molecule is CC(C)(C#N)NC(=O)c1ccc(Br)c([N+](=O)[O-])c1. The number of carbonyl (C=O) groups is 1. The summed E-state index contributed by atoms with van der Waals surface area (Å²) in [5.74, 6) is -0.530. The molecule has 0 aliphatic carbocycles. The number of nitriles is 1. The molecule has 94 valence electrons. The fourth-order valence-electron chi connectivity index (χ4n) is 1.18. The van der Waals surface area contributed by atoms with Crippen molar-refractivity contribution in [2.75, 3.05) is 0 Å². The number of halogens is 1. The smallest absolute Gasteiger partial charge is 0.284 e. The van der Waals surface area contributed by atoms with E-state index in [1.165, 1.54) is 26.0 Å². The van der Waals surface area contributed by atoms with Crippen LogP contribution in [0, 0.1) is 21.4 Å². The van der Waals surface area contributed by atoms with Crippen LogP contribution in [0.3, 0.4) is 0 Å². The van der Waals surface area contributed by atoms with Crippen LogP contribution in [0.1, 0.15) is 24.2 Å². The summed E-state index contributed by atoms with van der Waals surface area (Å²) in [5, 5.41) is 22.0. The van der Waals surface area contributed by atoms with Gasteiger partial charge in [0, 0.05) is 11.6 Å². The molecular weight excluding hydrogens is 302 g/mol. The van der Waals surface area contributed by atoms with E-state index in [9.17, 15) is 14.9 Å². The van der Waals surface area contributed by atoms with Gasteiger partial charge < -0.3 is 5.32 Å². The van der Waals surface area contributed by atoms with Gasteiger partial charge in [0.2, 0.25) is 0 Å². The molecular formula is C11H10BrN3O3. The lowest BCUT2D eigenvalue weighted by atomic mass is 10.1. The number of carbonyl (C=O) groups excluding carboxylic acids is 1. The van der Waals surface area contributed by atoms with Gasteiger partial charge in [0.15, 0.2) is 0 Å². The van der Waals surface area contributed by atoms with Crippen LogP contribution in [0.25, 0.3) is 0 Å². The number of rotatable bonds is 3. The first-order chi connectivity index (χ1) is 8.26. The molecule has 0 fully saturated rings. The minimum Gasteiger partial charge on any atom is -0.334 e. The Morgan fingerprint density at radius 1 is 1.56 bits per heavy atom. The normalized spacial score (nSPS) is 10.6. The third-order valence-electron chi connectivity index (χ3n) is 2.11. The van der Waals surface area contributed by atoms with Crippen molar-refractivity contribution >= 4 is 27.5 Å². The number of amides is 1. The van der Waals surface area contributed by atoms with Gasteiger partial charge in [0.1, 0.15) is 5.54 Å². The first-order valence-electron chi connectivity index (χ1n) is 4.94. The predicted octanol–water partition coefficient (Wildman–Crippen LogP) is 2.39. The van der Waals surface area contributed by atoms with Crippen molar-refractivity contribution < 1.29 is 9.72 Å². The number of nitro groups is 1. The Kier molecular flexibility index (Phi) is 4.03. The van der Waals surface area contributed by atoms with Crippen molar-refractivity contribution in [2.24, 2.45) is 0 Å². The number of benzene rings is 1. The molecule has 6 nitrogen and oxygen atoms in total. The van der Waals surface area contributed by atoms with Crippen molar-refractivity contribution in [2.45, 2.75) is 19.4 Å². The molecule has 0 heterocycles. The Balaban J connectivity index is 3.06. The molecule has 1 amide bonds. The standard InChI is InChI=1S/C11H10BrN3O3/c1-11(2,6-13)14-10(16)7-3-4-8(12)9(5-7)15(17)18/h3-5H,1-2H3,(H,14,16). The number of nitro benzene ring substituents is 1. The Morgan fingerprint density at radius 3 is 2.67 bits per heavy atom. The number of hydrogen-bond acceptors (Lipinski definition) is 4. The van der Waals surface area contributed by atoms with E-state index in [0.717, 1.165) is 6.07 Å². The maximum absolute atomic E-state index is 11.8. The van der Waals surface area contributed by atoms with Crippen molar-refractivity contribution in [3.63, 3.8) is 0 Å². The van der Waals surface area contributed by atoms with E-state index in [-0.39, 0.29) is 11.3 Å². The van der Waals surface area contributed by atoms with Crippen molar-refractivity contribution in [1.82, 2.24) is 5.32 Å². The zero-order valence-electron chi connectivity index (χ0n) is 9.73. The van der Waals surface area contributed by atoms with Gasteiger partial charge in [0.05, 0.1) is 15.5 Å². The van der Waals surface area contributed by atoms with Crippen LogP contribution >= 0.6 is 15.9 Å². The Bertz CT molecular complexity index is 549. The molecule has 0 aliphatic rings. The topological polar surface area (TPSA) is 96.0 Å². The zero-order chi connectivity index (χ0) is 13.9. The van der Waals surface area contributed by atoms with Gasteiger partial charge in [-0.2, -0.15) is 5.26 Å². The molecule has 1 aromatic carbocycles. The van der Waals surface area contributed by atoms with Gasteiger partial charge >= 0.3 is 0 Å². The third-order valence-corrected chi connectivity index (χ3v) is 2.78. The third kappa shape index (κ3) is 3.28. The Hall–Kier alpha value is -1.94. The lowest BCUT2D eigenvalue weighted by Gasteiger charge is -2.17. The summed E-state index contributed by atoms with van der Waals surface area (Å²) in [5.41, 5.74) is -1.09. The Labute approximate surface area is 112 Å². The average Bonchev–Trinajstić information content (AvgIpc) is 2.28. The molecule has 0 aromatic heterocycles. The van der Waals surface area contributed by atoms with E-state index >= 15 is 0 Å². The maximum atomic E-state index is 11.8. The summed E-state index contributed by atoms with van der Waals surface area (Å²) < 4.78 is 0.295. The van der Waals surface area contributed by atoms with Gasteiger partial charge in [-0.3, -0.25) is 14.9 Å². The van der Waals surface area contributed by atoms with Gasteiger partial charge in [-0.25, -0.2) is 0 Å². The van der Waals surface area contributed by atoms with Crippen LogP contribution in [0.15, 0.2) is 22.7 Å². The number of nitrogens with zero attached hydrogens (tertiary/aromatic N) is 2. The van der Waals surface area contributed by atoms with Crippen LogP contribution in [0.2, 0.25) is 0 Å². The minimum atomic E-state index is -1.03. The van der Waals surface area contributed by atoms with E-state index in [4.69, 9.17) is 5.26 Å². The Morgan fingerprint density at radius 2 is 2.17 bits per heavy atom. The lowest BCUT2D eigenvalue weighted by molar-refractivity contribution is -0.385. The van der Waals surface area contributed by atoms with E-state index in [1.807, 2.05) is 6.07 Å². The van der Waals surface area contributed by atoms with E-state index in [0.29, 0.717) is 4.47 Å². The van der Waals surface area contributed by atoms with Crippen LogP contribution in [0.4, 0.5) is 5.69 Å². The largest absolute Gasteiger partial charge is 0.334 e. The van der Waals surface area contributed by atoms with Crippen molar-refractivity contribution in [3.8, 4) is 6.07 Å². The second-order valence-electron chi connectivity index (χ2n) is 4.11. The average molecular weight is 312 g/mol. The zero-order valence-corrected chi connectivity index (χ0v) is 11.3. The second-order valence-corrected chi connectivity index (χ2v) is 4.97. The van der Waals surface area contributed by atoms with Gasteiger partial charge in [-0.15, -0.1) is 0 Å². The number of hydrogen-bond donors (Lipinski definition) is 1. The summed E-state index contributed by atoms with van der Waals surface area (Å²) in [4.78, 5) is 21.9. The van der Waals surface area contributed by atoms with Gasteiger partial charge in [0.25, 0.3) is 11.6 Å². The molecule has 1 rings (SSSR count). The second kappa shape index (κ2) is 5.14. The summed E-state index contributed by atoms with van der Waals surface area (Å²) in [6, 6.07) is 5.94. The van der Waals surface area contributed by atoms with Crippen LogP contribution in [-0.2, 0) is 0 Å². The van der Waals surface area contributed by atoms with E-state index in [1.54, 1.807) is 0 Å². The monoisotopic (exact) mass is 311 g/mol.